The van der Waals surface area contributed by atoms with E-state index in [1.807, 2.05) is 19.2 Å². The summed E-state index contributed by atoms with van der Waals surface area (Å²) in [5.74, 6) is 0. The van der Waals surface area contributed by atoms with Crippen molar-refractivity contribution >= 4 is 0 Å². The number of nitrogens with one attached hydrogen (secondary N) is 1. The molecule has 3 heteroatoms. The predicted octanol–water partition coefficient (Wildman–Crippen LogP) is 1.15. The molecule has 0 spiro atoms. The lowest BCUT2D eigenvalue weighted by molar-refractivity contribution is 0.554. The van der Waals surface area contributed by atoms with E-state index in [-0.39, 0.29) is 0 Å². The predicted molar refractivity (Wildman–Crippen MR) is 44.1 cm³/mol. The molecule has 0 aliphatic rings. The average molecular weight is 151 g/mol. The smallest absolute Gasteiger partial charge is 0.0800 e. The van der Waals surface area contributed by atoms with Gasteiger partial charge in [0.2, 0.25) is 0 Å². The minimum absolute atomic E-state index is 0.337. The quantitative estimate of drug-likeness (QED) is 0.704. The van der Waals surface area contributed by atoms with Crippen LogP contribution in [0.4, 0.5) is 0 Å². The Morgan fingerprint density at radius 1 is 1.64 bits per heavy atom. The van der Waals surface area contributed by atoms with Crippen molar-refractivity contribution in [2.45, 2.75) is 19.4 Å². The molecule has 1 heterocycles. The van der Waals surface area contributed by atoms with Crippen molar-refractivity contribution in [2.75, 3.05) is 7.05 Å². The SMILES string of the molecule is CCC(NC)c1cccnn1. The van der Waals surface area contributed by atoms with Crippen LogP contribution in [0.1, 0.15) is 25.1 Å². The second kappa shape index (κ2) is 4.03. The van der Waals surface area contributed by atoms with Crippen molar-refractivity contribution < 1.29 is 0 Å². The molecular weight excluding hydrogens is 138 g/mol. The van der Waals surface area contributed by atoms with E-state index in [0.717, 1.165) is 12.1 Å². The Bertz CT molecular complexity index is 194. The zero-order valence-electron chi connectivity index (χ0n) is 6.91. The Morgan fingerprint density at radius 2 is 2.45 bits per heavy atom. The minimum Gasteiger partial charge on any atom is -0.312 e. The third-order valence-electron chi connectivity index (χ3n) is 1.71. The zero-order chi connectivity index (χ0) is 8.10. The molecule has 0 fully saturated rings. The van der Waals surface area contributed by atoms with Crippen LogP contribution in [-0.4, -0.2) is 17.2 Å². The van der Waals surface area contributed by atoms with Gasteiger partial charge in [-0.25, -0.2) is 0 Å². The molecule has 1 aromatic rings. The van der Waals surface area contributed by atoms with Gasteiger partial charge in [0.15, 0.2) is 0 Å². The van der Waals surface area contributed by atoms with Crippen LogP contribution in [0.25, 0.3) is 0 Å². The largest absolute Gasteiger partial charge is 0.312 e. The monoisotopic (exact) mass is 151 g/mol. The van der Waals surface area contributed by atoms with E-state index in [2.05, 4.69) is 22.4 Å². The third-order valence-corrected chi connectivity index (χ3v) is 1.71. The van der Waals surface area contributed by atoms with E-state index in [0.29, 0.717) is 6.04 Å². The fourth-order valence-electron chi connectivity index (χ4n) is 1.06. The molecule has 0 saturated carbocycles. The first-order valence-corrected chi connectivity index (χ1v) is 3.83. The fraction of sp³-hybridized carbons (Fsp3) is 0.500. The van der Waals surface area contributed by atoms with E-state index >= 15 is 0 Å². The molecule has 0 aromatic carbocycles. The molecular formula is C8H13N3. The van der Waals surface area contributed by atoms with E-state index < -0.39 is 0 Å². The first-order valence-electron chi connectivity index (χ1n) is 3.83. The Balaban J connectivity index is 2.74. The van der Waals surface area contributed by atoms with E-state index in [4.69, 9.17) is 0 Å². The van der Waals surface area contributed by atoms with Crippen LogP contribution < -0.4 is 5.32 Å². The van der Waals surface area contributed by atoms with Crippen LogP contribution in [0, 0.1) is 0 Å². The van der Waals surface area contributed by atoms with Gasteiger partial charge in [0, 0.05) is 6.20 Å². The fourth-order valence-corrected chi connectivity index (χ4v) is 1.06. The lowest BCUT2D eigenvalue weighted by Crippen LogP contribution is -2.16. The van der Waals surface area contributed by atoms with Crippen LogP contribution in [-0.2, 0) is 0 Å². The second-order valence-corrected chi connectivity index (χ2v) is 2.40. The standard InChI is InChI=1S/C8H13N3/c1-3-7(9-2)8-5-4-6-10-11-8/h4-7,9H,3H2,1-2H3. The molecule has 60 valence electrons. The maximum absolute atomic E-state index is 4.01. The summed E-state index contributed by atoms with van der Waals surface area (Å²) in [6.45, 7) is 2.12. The highest BCUT2D eigenvalue weighted by Crippen LogP contribution is 2.10. The molecule has 1 N–H and O–H groups in total. The molecule has 0 bridgehead atoms. The Morgan fingerprint density at radius 3 is 2.91 bits per heavy atom. The molecule has 11 heavy (non-hydrogen) atoms. The summed E-state index contributed by atoms with van der Waals surface area (Å²) in [5, 5.41) is 11.0. The van der Waals surface area contributed by atoms with Crippen LogP contribution >= 0.6 is 0 Å². The highest BCUT2D eigenvalue weighted by molar-refractivity contribution is 5.04. The van der Waals surface area contributed by atoms with Crippen LogP contribution in [0.5, 0.6) is 0 Å². The van der Waals surface area contributed by atoms with E-state index in [1.54, 1.807) is 6.20 Å². The van der Waals surface area contributed by atoms with Crippen LogP contribution in [0.2, 0.25) is 0 Å². The van der Waals surface area contributed by atoms with Crippen molar-refractivity contribution in [2.24, 2.45) is 0 Å². The molecule has 1 unspecified atom stereocenters. The number of nitrogens with zero attached hydrogens (tertiary/aromatic N) is 2. The molecule has 0 radical (unpaired) electrons. The molecule has 0 saturated heterocycles. The van der Waals surface area contributed by atoms with Gasteiger partial charge in [0.25, 0.3) is 0 Å². The number of aromatic nitrogens is 2. The normalized spacial score (nSPS) is 12.9. The van der Waals surface area contributed by atoms with E-state index in [1.165, 1.54) is 0 Å². The van der Waals surface area contributed by atoms with E-state index in [9.17, 15) is 0 Å². The summed E-state index contributed by atoms with van der Waals surface area (Å²) in [4.78, 5) is 0. The highest BCUT2D eigenvalue weighted by Gasteiger charge is 2.06. The van der Waals surface area contributed by atoms with Gasteiger partial charge >= 0.3 is 0 Å². The average Bonchev–Trinajstić information content (AvgIpc) is 2.09. The molecule has 3 nitrogen and oxygen atoms in total. The van der Waals surface area contributed by atoms with Gasteiger partial charge in [-0.15, -0.1) is 0 Å². The Hall–Kier alpha value is -0.960. The first kappa shape index (κ1) is 8.14. The lowest BCUT2D eigenvalue weighted by atomic mass is 10.1. The minimum atomic E-state index is 0.337. The molecule has 0 aliphatic heterocycles. The molecule has 0 aliphatic carbocycles. The van der Waals surface area contributed by atoms with Crippen molar-refractivity contribution in [3.05, 3.63) is 24.0 Å². The summed E-state index contributed by atoms with van der Waals surface area (Å²) >= 11 is 0. The van der Waals surface area contributed by atoms with Crippen LogP contribution in [0.3, 0.4) is 0 Å². The Kier molecular flexibility index (Phi) is 2.98. The zero-order valence-corrected chi connectivity index (χ0v) is 6.91. The number of rotatable bonds is 3. The van der Waals surface area contributed by atoms with Crippen molar-refractivity contribution in [1.29, 1.82) is 0 Å². The van der Waals surface area contributed by atoms with Gasteiger partial charge in [-0.3, -0.25) is 0 Å². The summed E-state index contributed by atoms with van der Waals surface area (Å²) in [6, 6.07) is 4.23. The summed E-state index contributed by atoms with van der Waals surface area (Å²) in [5.41, 5.74) is 1.01. The van der Waals surface area contributed by atoms with Crippen LogP contribution in [0.15, 0.2) is 18.3 Å². The molecule has 1 atom stereocenters. The Labute approximate surface area is 66.8 Å². The van der Waals surface area contributed by atoms with Gasteiger partial charge in [0.05, 0.1) is 11.7 Å². The lowest BCUT2D eigenvalue weighted by Gasteiger charge is -2.10. The number of hydrogen-bond acceptors (Lipinski definition) is 3. The molecule has 1 rings (SSSR count). The van der Waals surface area contributed by atoms with Gasteiger partial charge < -0.3 is 5.32 Å². The maximum Gasteiger partial charge on any atom is 0.0800 e. The van der Waals surface area contributed by atoms with Crippen molar-refractivity contribution in [1.82, 2.24) is 15.5 Å². The summed E-state index contributed by atoms with van der Waals surface area (Å²) in [6.07, 6.45) is 2.72. The second-order valence-electron chi connectivity index (χ2n) is 2.40. The van der Waals surface area contributed by atoms with Gasteiger partial charge in [0.1, 0.15) is 0 Å². The van der Waals surface area contributed by atoms with Gasteiger partial charge in [-0.05, 0) is 25.6 Å². The maximum atomic E-state index is 4.01. The summed E-state index contributed by atoms with van der Waals surface area (Å²) < 4.78 is 0. The topological polar surface area (TPSA) is 37.8 Å². The van der Waals surface area contributed by atoms with Crippen molar-refractivity contribution in [3.63, 3.8) is 0 Å². The summed E-state index contributed by atoms with van der Waals surface area (Å²) in [7, 11) is 1.93. The van der Waals surface area contributed by atoms with Gasteiger partial charge in [-0.1, -0.05) is 6.92 Å². The molecule has 1 aromatic heterocycles. The third kappa shape index (κ3) is 1.98. The van der Waals surface area contributed by atoms with Gasteiger partial charge in [-0.2, -0.15) is 10.2 Å². The number of hydrogen-bond donors (Lipinski definition) is 1. The highest BCUT2D eigenvalue weighted by atomic mass is 15.1. The first-order chi connectivity index (χ1) is 5.38. The molecule has 0 amide bonds. The van der Waals surface area contributed by atoms with Crippen molar-refractivity contribution in [3.8, 4) is 0 Å².